The monoisotopic (exact) mass is 296 g/mol. The fraction of sp³-hybridized carbons (Fsp3) is 0.600. The zero-order valence-electron chi connectivity index (χ0n) is 12.5. The lowest BCUT2D eigenvalue weighted by molar-refractivity contribution is 0.379. The zero-order valence-corrected chi connectivity index (χ0v) is 13.3. The second-order valence-electron chi connectivity index (χ2n) is 5.40. The Morgan fingerprint density at radius 1 is 1.35 bits per heavy atom. The first-order chi connectivity index (χ1) is 9.50. The number of sulfonamides is 1. The van der Waals surface area contributed by atoms with Gasteiger partial charge < -0.3 is 5.32 Å². The Kier molecular flexibility index (Phi) is 4.83. The van der Waals surface area contributed by atoms with Crippen molar-refractivity contribution in [3.8, 4) is 0 Å². The Morgan fingerprint density at radius 3 is 2.55 bits per heavy atom. The first kappa shape index (κ1) is 15.5. The molecule has 1 aliphatic heterocycles. The molecule has 5 heteroatoms. The van der Waals surface area contributed by atoms with Crippen LogP contribution in [0.25, 0.3) is 0 Å². The molecule has 1 heterocycles. The maximum Gasteiger partial charge on any atom is 0.243 e. The topological polar surface area (TPSA) is 49.4 Å². The number of hydrogen-bond acceptors (Lipinski definition) is 3. The average Bonchev–Trinajstić information content (AvgIpc) is 2.95. The van der Waals surface area contributed by atoms with Crippen LogP contribution in [0.5, 0.6) is 0 Å². The minimum absolute atomic E-state index is 0.163. The predicted octanol–water partition coefficient (Wildman–Crippen LogP) is 2.53. The molecule has 1 aliphatic rings. The quantitative estimate of drug-likeness (QED) is 0.908. The van der Waals surface area contributed by atoms with E-state index in [0.29, 0.717) is 11.4 Å². The molecule has 20 heavy (non-hydrogen) atoms. The fourth-order valence-electron chi connectivity index (χ4n) is 2.76. The van der Waals surface area contributed by atoms with E-state index in [0.717, 1.165) is 24.8 Å². The van der Waals surface area contributed by atoms with Gasteiger partial charge in [-0.3, -0.25) is 0 Å². The van der Waals surface area contributed by atoms with Gasteiger partial charge in [-0.1, -0.05) is 19.1 Å². The van der Waals surface area contributed by atoms with Gasteiger partial charge in [0, 0.05) is 18.6 Å². The standard InChI is InChI=1S/C15H24N2O2S/c1-4-14-6-5-11-17(14)20(18,19)15-9-7-13(8-10-15)12(2)16-3/h7-10,12,14,16H,4-6,11H2,1-3H3. The molecule has 0 aromatic heterocycles. The molecule has 112 valence electrons. The molecule has 2 atom stereocenters. The average molecular weight is 296 g/mol. The van der Waals surface area contributed by atoms with Crippen LogP contribution in [-0.2, 0) is 10.0 Å². The summed E-state index contributed by atoms with van der Waals surface area (Å²) in [5, 5.41) is 3.15. The SMILES string of the molecule is CCC1CCCN1S(=O)(=O)c1ccc(C(C)NC)cc1. The molecule has 0 bridgehead atoms. The number of rotatable bonds is 5. The molecule has 0 amide bonds. The van der Waals surface area contributed by atoms with Gasteiger partial charge in [0.2, 0.25) is 10.0 Å². The number of hydrogen-bond donors (Lipinski definition) is 1. The molecule has 0 saturated carbocycles. The molecule has 0 aliphatic carbocycles. The van der Waals surface area contributed by atoms with Crippen LogP contribution >= 0.6 is 0 Å². The Balaban J connectivity index is 2.26. The van der Waals surface area contributed by atoms with Crippen molar-refractivity contribution in [3.05, 3.63) is 29.8 Å². The van der Waals surface area contributed by atoms with Crippen molar-refractivity contribution in [2.24, 2.45) is 0 Å². The second kappa shape index (κ2) is 6.24. The fourth-order valence-corrected chi connectivity index (χ4v) is 4.53. The first-order valence-corrected chi connectivity index (χ1v) is 8.73. The lowest BCUT2D eigenvalue weighted by atomic mass is 10.1. The van der Waals surface area contributed by atoms with E-state index in [-0.39, 0.29) is 12.1 Å². The smallest absolute Gasteiger partial charge is 0.243 e. The third-order valence-electron chi connectivity index (χ3n) is 4.21. The Morgan fingerprint density at radius 2 is 2.00 bits per heavy atom. The van der Waals surface area contributed by atoms with Crippen LogP contribution in [0.1, 0.15) is 44.7 Å². The molecule has 1 fully saturated rings. The summed E-state index contributed by atoms with van der Waals surface area (Å²) in [7, 11) is -1.44. The summed E-state index contributed by atoms with van der Waals surface area (Å²) in [6.07, 6.45) is 2.82. The van der Waals surface area contributed by atoms with E-state index in [1.165, 1.54) is 0 Å². The van der Waals surface area contributed by atoms with Gasteiger partial charge in [-0.15, -0.1) is 0 Å². The van der Waals surface area contributed by atoms with Crippen LogP contribution in [0.3, 0.4) is 0 Å². The summed E-state index contributed by atoms with van der Waals surface area (Å²) in [6, 6.07) is 7.63. The van der Waals surface area contributed by atoms with Gasteiger partial charge in [0.15, 0.2) is 0 Å². The van der Waals surface area contributed by atoms with Crippen molar-refractivity contribution >= 4 is 10.0 Å². The van der Waals surface area contributed by atoms with E-state index in [1.54, 1.807) is 16.4 Å². The van der Waals surface area contributed by atoms with Gasteiger partial charge >= 0.3 is 0 Å². The molecular formula is C15H24N2O2S. The normalized spacial score (nSPS) is 22.1. The van der Waals surface area contributed by atoms with Crippen molar-refractivity contribution in [1.29, 1.82) is 0 Å². The lowest BCUT2D eigenvalue weighted by Crippen LogP contribution is -2.35. The van der Waals surface area contributed by atoms with E-state index in [1.807, 2.05) is 19.2 Å². The van der Waals surface area contributed by atoms with Gasteiger partial charge in [-0.2, -0.15) is 4.31 Å². The Labute approximate surface area is 122 Å². The van der Waals surface area contributed by atoms with Gasteiger partial charge in [-0.25, -0.2) is 8.42 Å². The Hall–Kier alpha value is -0.910. The predicted molar refractivity (Wildman–Crippen MR) is 81.1 cm³/mol. The summed E-state index contributed by atoms with van der Waals surface area (Å²) in [5.41, 5.74) is 1.10. The van der Waals surface area contributed by atoms with Crippen LogP contribution < -0.4 is 5.32 Å². The van der Waals surface area contributed by atoms with Crippen molar-refractivity contribution in [3.63, 3.8) is 0 Å². The highest BCUT2D eigenvalue weighted by molar-refractivity contribution is 7.89. The molecule has 4 nitrogen and oxygen atoms in total. The second-order valence-corrected chi connectivity index (χ2v) is 7.29. The van der Waals surface area contributed by atoms with Gasteiger partial charge in [0.25, 0.3) is 0 Å². The number of benzene rings is 1. The van der Waals surface area contributed by atoms with E-state index < -0.39 is 10.0 Å². The van der Waals surface area contributed by atoms with Crippen LogP contribution in [0, 0.1) is 0 Å². The molecule has 1 aromatic rings. The minimum Gasteiger partial charge on any atom is -0.313 e. The van der Waals surface area contributed by atoms with E-state index in [2.05, 4.69) is 19.2 Å². The van der Waals surface area contributed by atoms with Crippen LogP contribution in [-0.4, -0.2) is 32.4 Å². The lowest BCUT2D eigenvalue weighted by Gasteiger charge is -2.23. The van der Waals surface area contributed by atoms with Crippen molar-refractivity contribution in [1.82, 2.24) is 9.62 Å². The molecular weight excluding hydrogens is 272 g/mol. The van der Waals surface area contributed by atoms with Crippen LogP contribution in [0.4, 0.5) is 0 Å². The van der Waals surface area contributed by atoms with E-state index >= 15 is 0 Å². The molecule has 1 saturated heterocycles. The summed E-state index contributed by atoms with van der Waals surface area (Å²) in [6.45, 7) is 4.75. The molecule has 1 N–H and O–H groups in total. The van der Waals surface area contributed by atoms with Gasteiger partial charge in [-0.05, 0) is 50.9 Å². The number of nitrogens with zero attached hydrogens (tertiary/aromatic N) is 1. The molecule has 2 rings (SSSR count). The Bertz CT molecular complexity index is 539. The third kappa shape index (κ3) is 2.90. The van der Waals surface area contributed by atoms with Gasteiger partial charge in [0.1, 0.15) is 0 Å². The highest BCUT2D eigenvalue weighted by Crippen LogP contribution is 2.28. The van der Waals surface area contributed by atoms with Crippen molar-refractivity contribution in [2.45, 2.75) is 50.1 Å². The van der Waals surface area contributed by atoms with Crippen LogP contribution in [0.15, 0.2) is 29.2 Å². The summed E-state index contributed by atoms with van der Waals surface area (Å²) in [5.74, 6) is 0. The molecule has 1 aromatic carbocycles. The third-order valence-corrected chi connectivity index (χ3v) is 6.18. The maximum atomic E-state index is 12.7. The van der Waals surface area contributed by atoms with E-state index in [9.17, 15) is 8.42 Å². The largest absolute Gasteiger partial charge is 0.313 e. The van der Waals surface area contributed by atoms with Crippen molar-refractivity contribution < 1.29 is 8.42 Å². The highest BCUT2D eigenvalue weighted by Gasteiger charge is 2.34. The highest BCUT2D eigenvalue weighted by atomic mass is 32.2. The van der Waals surface area contributed by atoms with Crippen LogP contribution in [0.2, 0.25) is 0 Å². The van der Waals surface area contributed by atoms with Gasteiger partial charge in [0.05, 0.1) is 4.90 Å². The van der Waals surface area contributed by atoms with Crippen molar-refractivity contribution in [2.75, 3.05) is 13.6 Å². The minimum atomic E-state index is -3.34. The molecule has 0 spiro atoms. The van der Waals surface area contributed by atoms with E-state index in [4.69, 9.17) is 0 Å². The molecule has 2 unspecified atom stereocenters. The summed E-state index contributed by atoms with van der Waals surface area (Å²) >= 11 is 0. The summed E-state index contributed by atoms with van der Waals surface area (Å²) < 4.78 is 27.0. The number of nitrogens with one attached hydrogen (secondary N) is 1. The zero-order chi connectivity index (χ0) is 14.8. The summed E-state index contributed by atoms with van der Waals surface area (Å²) in [4.78, 5) is 0.407. The molecule has 0 radical (unpaired) electrons. The first-order valence-electron chi connectivity index (χ1n) is 7.29. The maximum absolute atomic E-state index is 12.7.